The summed E-state index contributed by atoms with van der Waals surface area (Å²) < 4.78 is 6.40. The molecule has 0 saturated heterocycles. The van der Waals surface area contributed by atoms with E-state index in [2.05, 4.69) is 24.5 Å². The van der Waals surface area contributed by atoms with Gasteiger partial charge in [0.15, 0.2) is 6.61 Å². The number of rotatable bonds is 7. The lowest BCUT2D eigenvalue weighted by Crippen LogP contribution is -2.40. The average Bonchev–Trinajstić information content (AvgIpc) is 3.09. The number of fused-ring (bicyclic) bond motifs is 1. The number of hydrogen-bond donors (Lipinski definition) is 2. The molecule has 0 saturated carbocycles. The predicted octanol–water partition coefficient (Wildman–Crippen LogP) is 6.61. The Hall–Kier alpha value is -2.57. The van der Waals surface area contributed by atoms with Gasteiger partial charge in [-0.2, -0.15) is 0 Å². The third kappa shape index (κ3) is 5.81. The zero-order valence-electron chi connectivity index (χ0n) is 19.0. The number of halogens is 1. The number of carbonyl (C=O) groups is 2. The molecule has 3 rings (SSSR count). The van der Waals surface area contributed by atoms with Gasteiger partial charge in [-0.05, 0) is 56.9 Å². The summed E-state index contributed by atoms with van der Waals surface area (Å²) in [7, 11) is 0. The molecular formula is C25H29ClN2O3S. The minimum atomic E-state index is -0.377. The first-order valence-electron chi connectivity index (χ1n) is 10.6. The van der Waals surface area contributed by atoms with Crippen LogP contribution in [0.1, 0.15) is 62.2 Å². The number of anilines is 1. The SMILES string of the molecule is CCC(C)c1ccc(OCC(=O)Nc2cccc3c(Cl)c(C(=O)NC(C)(C)C)sc23)cc1. The summed E-state index contributed by atoms with van der Waals surface area (Å²) in [6.07, 6.45) is 1.07. The molecule has 0 aliphatic carbocycles. The molecule has 7 heteroatoms. The predicted molar refractivity (Wildman–Crippen MR) is 133 cm³/mol. The Labute approximate surface area is 198 Å². The maximum Gasteiger partial charge on any atom is 0.263 e. The summed E-state index contributed by atoms with van der Waals surface area (Å²) in [5.41, 5.74) is 1.47. The largest absolute Gasteiger partial charge is 0.484 e. The van der Waals surface area contributed by atoms with Crippen molar-refractivity contribution in [3.63, 3.8) is 0 Å². The van der Waals surface area contributed by atoms with E-state index >= 15 is 0 Å². The van der Waals surface area contributed by atoms with Gasteiger partial charge in [0, 0.05) is 10.9 Å². The standard InChI is InChI=1S/C25H29ClN2O3S/c1-6-15(2)16-10-12-17(13-11-16)31-14-20(29)27-19-9-7-8-18-21(26)23(32-22(18)19)24(30)28-25(3,4)5/h7-13,15H,6,14H2,1-5H3,(H,27,29)(H,28,30). The second kappa shape index (κ2) is 9.92. The van der Waals surface area contributed by atoms with Crippen LogP contribution < -0.4 is 15.4 Å². The zero-order chi connectivity index (χ0) is 23.5. The Balaban J connectivity index is 1.71. The molecule has 0 aliphatic rings. The van der Waals surface area contributed by atoms with Crippen LogP contribution in [-0.2, 0) is 4.79 Å². The van der Waals surface area contributed by atoms with E-state index in [0.29, 0.717) is 27.3 Å². The fourth-order valence-electron chi connectivity index (χ4n) is 3.19. The molecule has 0 fully saturated rings. The van der Waals surface area contributed by atoms with Gasteiger partial charge in [0.1, 0.15) is 10.6 Å². The molecule has 5 nitrogen and oxygen atoms in total. The summed E-state index contributed by atoms with van der Waals surface area (Å²) in [6.45, 7) is 9.95. The van der Waals surface area contributed by atoms with Crippen LogP contribution in [0.25, 0.3) is 10.1 Å². The normalized spacial score (nSPS) is 12.4. The van der Waals surface area contributed by atoms with Crippen molar-refractivity contribution in [1.29, 1.82) is 0 Å². The molecule has 2 aromatic carbocycles. The van der Waals surface area contributed by atoms with Crippen molar-refractivity contribution < 1.29 is 14.3 Å². The zero-order valence-corrected chi connectivity index (χ0v) is 20.6. The van der Waals surface area contributed by atoms with E-state index in [4.69, 9.17) is 16.3 Å². The summed E-state index contributed by atoms with van der Waals surface area (Å²) >= 11 is 7.75. The second-order valence-corrected chi connectivity index (χ2v) is 10.2. The monoisotopic (exact) mass is 472 g/mol. The van der Waals surface area contributed by atoms with Gasteiger partial charge in [0.2, 0.25) is 0 Å². The maximum absolute atomic E-state index is 12.6. The van der Waals surface area contributed by atoms with Crippen molar-refractivity contribution in [3.05, 3.63) is 57.9 Å². The molecule has 0 radical (unpaired) electrons. The maximum atomic E-state index is 12.6. The van der Waals surface area contributed by atoms with Gasteiger partial charge in [-0.1, -0.05) is 49.7 Å². The Morgan fingerprint density at radius 2 is 1.81 bits per heavy atom. The van der Waals surface area contributed by atoms with E-state index in [1.54, 1.807) is 12.1 Å². The molecule has 0 spiro atoms. The van der Waals surface area contributed by atoms with E-state index in [-0.39, 0.29) is 24.0 Å². The quantitative estimate of drug-likeness (QED) is 0.406. The lowest BCUT2D eigenvalue weighted by molar-refractivity contribution is -0.118. The number of amides is 2. The molecule has 2 N–H and O–H groups in total. The van der Waals surface area contributed by atoms with E-state index in [0.717, 1.165) is 16.5 Å². The molecule has 1 heterocycles. The highest BCUT2D eigenvalue weighted by Gasteiger charge is 2.22. The van der Waals surface area contributed by atoms with Crippen molar-refractivity contribution >= 4 is 50.5 Å². The molecule has 170 valence electrons. The first-order chi connectivity index (χ1) is 15.1. The topological polar surface area (TPSA) is 67.4 Å². The minimum absolute atomic E-state index is 0.116. The van der Waals surface area contributed by atoms with Gasteiger partial charge < -0.3 is 15.4 Å². The number of thiophene rings is 1. The Bertz CT molecular complexity index is 1120. The molecule has 1 atom stereocenters. The average molecular weight is 473 g/mol. The molecule has 0 aliphatic heterocycles. The lowest BCUT2D eigenvalue weighted by atomic mass is 9.99. The van der Waals surface area contributed by atoms with Gasteiger partial charge >= 0.3 is 0 Å². The molecule has 2 amide bonds. The number of hydrogen-bond acceptors (Lipinski definition) is 4. The van der Waals surface area contributed by atoms with Crippen LogP contribution in [0.3, 0.4) is 0 Å². The molecule has 1 aromatic heterocycles. The van der Waals surface area contributed by atoms with Gasteiger partial charge in [-0.3, -0.25) is 9.59 Å². The van der Waals surface area contributed by atoms with E-state index in [9.17, 15) is 9.59 Å². The summed E-state index contributed by atoms with van der Waals surface area (Å²) in [6, 6.07) is 13.3. The van der Waals surface area contributed by atoms with Crippen LogP contribution in [-0.4, -0.2) is 24.0 Å². The Morgan fingerprint density at radius 1 is 1.12 bits per heavy atom. The van der Waals surface area contributed by atoms with E-state index in [1.165, 1.54) is 16.9 Å². The van der Waals surface area contributed by atoms with Crippen LogP contribution in [0.5, 0.6) is 5.75 Å². The highest BCUT2D eigenvalue weighted by Crippen LogP contribution is 2.39. The summed E-state index contributed by atoms with van der Waals surface area (Å²) in [5, 5.41) is 6.93. The number of ether oxygens (including phenoxy) is 1. The molecule has 1 unspecified atom stereocenters. The van der Waals surface area contributed by atoms with Gasteiger partial charge in [-0.15, -0.1) is 11.3 Å². The van der Waals surface area contributed by atoms with Gasteiger partial charge in [0.25, 0.3) is 11.8 Å². The molecule has 32 heavy (non-hydrogen) atoms. The fourth-order valence-corrected chi connectivity index (χ4v) is 4.67. The highest BCUT2D eigenvalue weighted by molar-refractivity contribution is 7.22. The van der Waals surface area contributed by atoms with Crippen LogP contribution in [0.15, 0.2) is 42.5 Å². The van der Waals surface area contributed by atoms with Gasteiger partial charge in [0.05, 0.1) is 15.4 Å². The van der Waals surface area contributed by atoms with Crippen molar-refractivity contribution in [3.8, 4) is 5.75 Å². The van der Waals surface area contributed by atoms with Crippen molar-refractivity contribution in [1.82, 2.24) is 5.32 Å². The smallest absolute Gasteiger partial charge is 0.263 e. The third-order valence-corrected chi connectivity index (χ3v) is 6.80. The fraction of sp³-hybridized carbons (Fsp3) is 0.360. The number of benzene rings is 2. The van der Waals surface area contributed by atoms with Crippen LogP contribution in [0.4, 0.5) is 5.69 Å². The summed E-state index contributed by atoms with van der Waals surface area (Å²) in [4.78, 5) is 25.6. The number of nitrogens with one attached hydrogen (secondary N) is 2. The van der Waals surface area contributed by atoms with Gasteiger partial charge in [-0.25, -0.2) is 0 Å². The Morgan fingerprint density at radius 3 is 2.44 bits per heavy atom. The summed E-state index contributed by atoms with van der Waals surface area (Å²) in [5.74, 6) is 0.616. The molecule has 3 aromatic rings. The van der Waals surface area contributed by atoms with Crippen molar-refractivity contribution in [2.24, 2.45) is 0 Å². The lowest BCUT2D eigenvalue weighted by Gasteiger charge is -2.19. The number of carbonyl (C=O) groups excluding carboxylic acids is 2. The van der Waals surface area contributed by atoms with Crippen LogP contribution in [0.2, 0.25) is 5.02 Å². The third-order valence-electron chi connectivity index (χ3n) is 5.06. The van der Waals surface area contributed by atoms with Crippen LogP contribution in [0, 0.1) is 0 Å². The van der Waals surface area contributed by atoms with E-state index in [1.807, 2.05) is 51.1 Å². The minimum Gasteiger partial charge on any atom is -0.484 e. The first-order valence-corrected chi connectivity index (χ1v) is 11.8. The second-order valence-electron chi connectivity index (χ2n) is 8.85. The molecule has 0 bridgehead atoms. The van der Waals surface area contributed by atoms with Crippen molar-refractivity contribution in [2.45, 2.75) is 52.5 Å². The van der Waals surface area contributed by atoms with E-state index < -0.39 is 0 Å². The Kier molecular flexibility index (Phi) is 7.47. The molecular weight excluding hydrogens is 444 g/mol. The first kappa shape index (κ1) is 24.1. The van der Waals surface area contributed by atoms with Crippen LogP contribution >= 0.6 is 22.9 Å². The van der Waals surface area contributed by atoms with Crippen molar-refractivity contribution in [2.75, 3.05) is 11.9 Å². The highest BCUT2D eigenvalue weighted by atomic mass is 35.5.